The first-order valence-electron chi connectivity index (χ1n) is 6.51. The summed E-state index contributed by atoms with van der Waals surface area (Å²) in [6.45, 7) is 2.13. The van der Waals surface area contributed by atoms with E-state index in [0.29, 0.717) is 23.2 Å². The number of aromatic nitrogens is 2. The average molecular weight is 280 g/mol. The molecule has 0 saturated heterocycles. The SMILES string of the molecule is CCCC[C@H](N)c1nc(Cc2cccc(Cl)c2)no1. The van der Waals surface area contributed by atoms with Crippen molar-refractivity contribution in [2.45, 2.75) is 38.6 Å². The van der Waals surface area contributed by atoms with Crippen LogP contribution in [0.15, 0.2) is 28.8 Å². The van der Waals surface area contributed by atoms with Gasteiger partial charge in [0.15, 0.2) is 5.82 Å². The Morgan fingerprint density at radius 2 is 2.26 bits per heavy atom. The van der Waals surface area contributed by atoms with E-state index in [0.717, 1.165) is 24.8 Å². The molecule has 102 valence electrons. The number of rotatable bonds is 6. The minimum Gasteiger partial charge on any atom is -0.338 e. The van der Waals surface area contributed by atoms with Crippen molar-refractivity contribution in [3.8, 4) is 0 Å². The topological polar surface area (TPSA) is 64.9 Å². The van der Waals surface area contributed by atoms with Crippen LogP contribution < -0.4 is 5.73 Å². The monoisotopic (exact) mass is 279 g/mol. The van der Waals surface area contributed by atoms with Crippen molar-refractivity contribution in [2.24, 2.45) is 5.73 Å². The second-order valence-electron chi connectivity index (χ2n) is 4.60. The van der Waals surface area contributed by atoms with Crippen LogP contribution in [-0.2, 0) is 6.42 Å². The van der Waals surface area contributed by atoms with Gasteiger partial charge in [-0.3, -0.25) is 0 Å². The maximum absolute atomic E-state index is 5.99. The second kappa shape index (κ2) is 6.68. The Morgan fingerprint density at radius 3 is 3.00 bits per heavy atom. The summed E-state index contributed by atoms with van der Waals surface area (Å²) in [5.74, 6) is 1.16. The highest BCUT2D eigenvalue weighted by Crippen LogP contribution is 2.17. The number of hydrogen-bond donors (Lipinski definition) is 1. The minimum atomic E-state index is -0.166. The lowest BCUT2D eigenvalue weighted by molar-refractivity contribution is 0.343. The summed E-state index contributed by atoms with van der Waals surface area (Å²) < 4.78 is 5.21. The van der Waals surface area contributed by atoms with Gasteiger partial charge in [0.1, 0.15) is 0 Å². The number of hydrogen-bond acceptors (Lipinski definition) is 4. The van der Waals surface area contributed by atoms with Crippen molar-refractivity contribution < 1.29 is 4.52 Å². The van der Waals surface area contributed by atoms with Crippen molar-refractivity contribution in [1.29, 1.82) is 0 Å². The second-order valence-corrected chi connectivity index (χ2v) is 5.04. The number of nitrogens with two attached hydrogens (primary N) is 1. The Kier molecular flexibility index (Phi) is 4.93. The van der Waals surface area contributed by atoms with Gasteiger partial charge in [0.25, 0.3) is 0 Å². The first-order chi connectivity index (χ1) is 9.19. The predicted molar refractivity (Wildman–Crippen MR) is 75.0 cm³/mol. The molecule has 0 bridgehead atoms. The van der Waals surface area contributed by atoms with Crippen LogP contribution in [0, 0.1) is 0 Å². The van der Waals surface area contributed by atoms with Gasteiger partial charge in [-0.25, -0.2) is 0 Å². The number of halogens is 1. The van der Waals surface area contributed by atoms with E-state index >= 15 is 0 Å². The molecule has 2 rings (SSSR count). The lowest BCUT2D eigenvalue weighted by atomic mass is 10.1. The van der Waals surface area contributed by atoms with Crippen LogP contribution in [0.4, 0.5) is 0 Å². The summed E-state index contributed by atoms with van der Waals surface area (Å²) in [5, 5.41) is 4.67. The van der Waals surface area contributed by atoms with E-state index in [4.69, 9.17) is 21.9 Å². The normalized spacial score (nSPS) is 12.6. The third kappa shape index (κ3) is 4.04. The fraction of sp³-hybridized carbons (Fsp3) is 0.429. The Balaban J connectivity index is 2.01. The van der Waals surface area contributed by atoms with E-state index in [9.17, 15) is 0 Å². The molecule has 1 aromatic carbocycles. The van der Waals surface area contributed by atoms with Crippen LogP contribution in [0.25, 0.3) is 0 Å². The smallest absolute Gasteiger partial charge is 0.243 e. The highest BCUT2D eigenvalue weighted by molar-refractivity contribution is 6.30. The molecule has 0 unspecified atom stereocenters. The molecule has 4 nitrogen and oxygen atoms in total. The molecule has 0 fully saturated rings. The van der Waals surface area contributed by atoms with Crippen molar-refractivity contribution in [3.05, 3.63) is 46.6 Å². The van der Waals surface area contributed by atoms with Crippen LogP contribution in [0.3, 0.4) is 0 Å². The zero-order chi connectivity index (χ0) is 13.7. The Hall–Kier alpha value is -1.39. The van der Waals surface area contributed by atoms with Crippen LogP contribution in [-0.4, -0.2) is 10.1 Å². The molecule has 0 aliphatic carbocycles. The van der Waals surface area contributed by atoms with Gasteiger partial charge in [0.2, 0.25) is 5.89 Å². The molecule has 1 aromatic heterocycles. The van der Waals surface area contributed by atoms with Crippen molar-refractivity contribution in [1.82, 2.24) is 10.1 Å². The minimum absolute atomic E-state index is 0.166. The molecule has 0 amide bonds. The molecule has 5 heteroatoms. The standard InChI is InChI=1S/C14H18ClN3O/c1-2-3-7-12(16)14-17-13(18-19-14)9-10-5-4-6-11(15)8-10/h4-6,8,12H,2-3,7,9,16H2,1H3/t12-/m0/s1. The van der Waals surface area contributed by atoms with E-state index in [-0.39, 0.29) is 6.04 Å². The van der Waals surface area contributed by atoms with Gasteiger partial charge >= 0.3 is 0 Å². The largest absolute Gasteiger partial charge is 0.338 e. The maximum atomic E-state index is 5.99. The third-order valence-electron chi connectivity index (χ3n) is 2.92. The molecular formula is C14H18ClN3O. The molecule has 1 heterocycles. The molecule has 0 radical (unpaired) electrons. The summed E-state index contributed by atoms with van der Waals surface area (Å²) in [7, 11) is 0. The fourth-order valence-corrected chi connectivity index (χ4v) is 2.08. The number of unbranched alkanes of at least 4 members (excludes halogenated alkanes) is 1. The molecule has 2 aromatic rings. The van der Waals surface area contributed by atoms with Crippen LogP contribution >= 0.6 is 11.6 Å². The van der Waals surface area contributed by atoms with E-state index in [1.54, 1.807) is 0 Å². The zero-order valence-corrected chi connectivity index (χ0v) is 11.7. The van der Waals surface area contributed by atoms with E-state index in [1.165, 1.54) is 0 Å². The quantitative estimate of drug-likeness (QED) is 0.879. The fourth-order valence-electron chi connectivity index (χ4n) is 1.87. The molecule has 1 atom stereocenters. The van der Waals surface area contributed by atoms with Gasteiger partial charge in [-0.1, -0.05) is 48.7 Å². The number of nitrogens with zero attached hydrogens (tertiary/aromatic N) is 2. The van der Waals surface area contributed by atoms with Gasteiger partial charge < -0.3 is 10.3 Å². The summed E-state index contributed by atoms with van der Waals surface area (Å²) in [6, 6.07) is 7.47. The van der Waals surface area contributed by atoms with Gasteiger partial charge in [0, 0.05) is 11.4 Å². The summed E-state index contributed by atoms with van der Waals surface area (Å²) in [6.07, 6.45) is 3.64. The highest BCUT2D eigenvalue weighted by atomic mass is 35.5. The Labute approximate surface area is 118 Å². The Morgan fingerprint density at radius 1 is 1.42 bits per heavy atom. The van der Waals surface area contributed by atoms with E-state index in [2.05, 4.69) is 17.1 Å². The summed E-state index contributed by atoms with van der Waals surface area (Å²) in [4.78, 5) is 4.34. The lowest BCUT2D eigenvalue weighted by Gasteiger charge is -2.03. The maximum Gasteiger partial charge on any atom is 0.243 e. The Bertz CT molecular complexity index is 527. The first kappa shape index (κ1) is 14.0. The van der Waals surface area contributed by atoms with Gasteiger partial charge in [-0.15, -0.1) is 0 Å². The molecule has 0 aliphatic heterocycles. The average Bonchev–Trinajstić information content (AvgIpc) is 2.84. The third-order valence-corrected chi connectivity index (χ3v) is 3.16. The van der Waals surface area contributed by atoms with Gasteiger partial charge in [0.05, 0.1) is 6.04 Å². The summed E-state index contributed by atoms with van der Waals surface area (Å²) >= 11 is 5.94. The molecule has 0 aliphatic rings. The zero-order valence-electron chi connectivity index (χ0n) is 11.0. The van der Waals surface area contributed by atoms with Crippen LogP contribution in [0.5, 0.6) is 0 Å². The van der Waals surface area contributed by atoms with Crippen molar-refractivity contribution in [3.63, 3.8) is 0 Å². The lowest BCUT2D eigenvalue weighted by Crippen LogP contribution is -2.10. The molecule has 0 spiro atoms. The molecule has 0 saturated carbocycles. The van der Waals surface area contributed by atoms with Crippen molar-refractivity contribution >= 4 is 11.6 Å². The molecule has 2 N–H and O–H groups in total. The van der Waals surface area contributed by atoms with Crippen molar-refractivity contribution in [2.75, 3.05) is 0 Å². The van der Waals surface area contributed by atoms with E-state index in [1.807, 2.05) is 24.3 Å². The first-order valence-corrected chi connectivity index (χ1v) is 6.89. The van der Waals surface area contributed by atoms with Gasteiger partial charge in [-0.2, -0.15) is 4.98 Å². The van der Waals surface area contributed by atoms with Crippen LogP contribution in [0.2, 0.25) is 5.02 Å². The summed E-state index contributed by atoms with van der Waals surface area (Å²) in [5.41, 5.74) is 7.05. The molecule has 19 heavy (non-hydrogen) atoms. The van der Waals surface area contributed by atoms with Crippen LogP contribution in [0.1, 0.15) is 49.5 Å². The molecular weight excluding hydrogens is 262 g/mol. The highest BCUT2D eigenvalue weighted by Gasteiger charge is 2.14. The van der Waals surface area contributed by atoms with E-state index < -0.39 is 0 Å². The predicted octanol–water partition coefficient (Wildman–Crippen LogP) is 3.50. The van der Waals surface area contributed by atoms with Gasteiger partial charge in [-0.05, 0) is 24.1 Å². The number of benzene rings is 1.